The molecule has 1 amide bonds. The first-order chi connectivity index (χ1) is 17.9. The minimum atomic E-state index is -0.277. The number of nitrogens with zero attached hydrogens (tertiary/aromatic N) is 3. The van der Waals surface area contributed by atoms with Gasteiger partial charge in [0.05, 0.1) is 0 Å². The molecule has 0 unspecified atom stereocenters. The molecule has 0 aliphatic heterocycles. The van der Waals surface area contributed by atoms with Gasteiger partial charge < -0.3 is 14.2 Å². The Morgan fingerprint density at radius 1 is 0.703 bits per heavy atom. The lowest BCUT2D eigenvalue weighted by Gasteiger charge is -2.17. The van der Waals surface area contributed by atoms with Crippen molar-refractivity contribution in [3.63, 3.8) is 0 Å². The van der Waals surface area contributed by atoms with Gasteiger partial charge in [0.25, 0.3) is 5.91 Å². The van der Waals surface area contributed by atoms with Gasteiger partial charge in [-0.05, 0) is 65.7 Å². The third-order valence-corrected chi connectivity index (χ3v) is 6.49. The van der Waals surface area contributed by atoms with Crippen LogP contribution in [-0.2, 0) is 0 Å². The topological polar surface area (TPSA) is 49.6 Å². The van der Waals surface area contributed by atoms with Gasteiger partial charge in [0, 0.05) is 48.7 Å². The van der Waals surface area contributed by atoms with Crippen molar-refractivity contribution in [2.75, 3.05) is 30.9 Å². The molecule has 0 fully saturated rings. The van der Waals surface area contributed by atoms with Gasteiger partial charge in [-0.2, -0.15) is 0 Å². The van der Waals surface area contributed by atoms with Crippen LogP contribution in [0.4, 0.5) is 11.4 Å². The van der Waals surface area contributed by atoms with Gasteiger partial charge >= 0.3 is 0 Å². The minimum Gasteiger partial charge on any atom is -0.435 e. The van der Waals surface area contributed by atoms with E-state index in [4.69, 9.17) is 21.0 Å². The molecule has 0 bridgehead atoms. The summed E-state index contributed by atoms with van der Waals surface area (Å²) in [5.74, 6) is 0.536. The van der Waals surface area contributed by atoms with E-state index >= 15 is 0 Å². The van der Waals surface area contributed by atoms with Crippen molar-refractivity contribution < 1.29 is 9.21 Å². The molecule has 5 nitrogen and oxygen atoms in total. The molecule has 0 aliphatic rings. The molecular weight excluding hydrogens is 482 g/mol. The minimum absolute atomic E-state index is 0.243. The molecule has 0 atom stereocenters. The average Bonchev–Trinajstić information content (AvgIpc) is 3.38. The number of halogens is 1. The summed E-state index contributed by atoms with van der Waals surface area (Å²) in [5, 5.41) is 0.604. The Morgan fingerprint density at radius 2 is 1.30 bits per heavy atom. The van der Waals surface area contributed by atoms with Crippen molar-refractivity contribution in [3.8, 4) is 33.9 Å². The Morgan fingerprint density at radius 3 is 1.95 bits per heavy atom. The van der Waals surface area contributed by atoms with Crippen LogP contribution >= 0.6 is 11.6 Å². The zero-order valence-corrected chi connectivity index (χ0v) is 21.6. The van der Waals surface area contributed by atoms with E-state index < -0.39 is 0 Å². The Kier molecular flexibility index (Phi) is 6.80. The number of anilines is 2. The number of amides is 1. The molecule has 37 heavy (non-hydrogen) atoms. The summed E-state index contributed by atoms with van der Waals surface area (Å²) >= 11 is 6.06. The van der Waals surface area contributed by atoms with Crippen LogP contribution in [0.3, 0.4) is 0 Å². The summed E-state index contributed by atoms with van der Waals surface area (Å²) < 4.78 is 6.38. The lowest BCUT2D eigenvalue weighted by molar-refractivity contribution is 0.0989. The number of hydrogen-bond acceptors (Lipinski definition) is 4. The maximum absolute atomic E-state index is 13.8. The molecular formula is C31H26ClN3O2. The quantitative estimate of drug-likeness (QED) is 0.236. The average molecular weight is 508 g/mol. The molecule has 1 aromatic heterocycles. The molecule has 5 aromatic rings. The number of carbonyl (C=O) groups is 1. The fourth-order valence-electron chi connectivity index (χ4n) is 4.17. The van der Waals surface area contributed by atoms with E-state index in [0.717, 1.165) is 27.9 Å². The molecule has 1 heterocycles. The monoisotopic (exact) mass is 507 g/mol. The predicted molar refractivity (Wildman–Crippen MR) is 151 cm³/mol. The van der Waals surface area contributed by atoms with Crippen molar-refractivity contribution in [2.24, 2.45) is 0 Å². The second-order valence-corrected chi connectivity index (χ2v) is 9.33. The van der Waals surface area contributed by atoms with Gasteiger partial charge in [0.2, 0.25) is 5.89 Å². The molecule has 0 N–H and O–H groups in total. The zero-order chi connectivity index (χ0) is 25.9. The standard InChI is InChI=1S/C31H26ClN3O2/c1-34(2)24-17-13-22(14-18-24)29-28(31(36)35(3)25-19-15-23(32)16-20-25)33-30(37-29)27-12-8-7-11-26(27)21-9-5-4-6-10-21/h4-20H,1-3H3. The second-order valence-electron chi connectivity index (χ2n) is 8.89. The van der Waals surface area contributed by atoms with Gasteiger partial charge in [-0.3, -0.25) is 4.79 Å². The molecule has 0 radical (unpaired) electrons. The first-order valence-corrected chi connectivity index (χ1v) is 12.3. The molecule has 0 saturated carbocycles. The Hall–Kier alpha value is -4.35. The molecule has 5 rings (SSSR count). The number of hydrogen-bond donors (Lipinski definition) is 0. The van der Waals surface area contributed by atoms with Crippen LogP contribution in [-0.4, -0.2) is 32.0 Å². The summed E-state index contributed by atoms with van der Waals surface area (Å²) in [4.78, 5) is 22.1. The lowest BCUT2D eigenvalue weighted by Crippen LogP contribution is -2.27. The van der Waals surface area contributed by atoms with Gasteiger partial charge in [0.15, 0.2) is 11.5 Å². The van der Waals surface area contributed by atoms with E-state index in [-0.39, 0.29) is 11.6 Å². The Balaban J connectivity index is 1.64. The second kappa shape index (κ2) is 10.3. The fraction of sp³-hybridized carbons (Fsp3) is 0.0968. The largest absolute Gasteiger partial charge is 0.435 e. The number of aromatic nitrogens is 1. The molecule has 0 saturated heterocycles. The van der Waals surface area contributed by atoms with Gasteiger partial charge in [-0.25, -0.2) is 4.98 Å². The van der Waals surface area contributed by atoms with Crippen LogP contribution in [0.1, 0.15) is 10.5 Å². The molecule has 4 aromatic carbocycles. The van der Waals surface area contributed by atoms with E-state index in [1.165, 1.54) is 0 Å². The van der Waals surface area contributed by atoms with Crippen LogP contribution < -0.4 is 9.80 Å². The maximum Gasteiger partial charge on any atom is 0.280 e. The molecule has 0 spiro atoms. The van der Waals surface area contributed by atoms with E-state index in [0.29, 0.717) is 22.4 Å². The summed E-state index contributed by atoms with van der Waals surface area (Å²) in [5.41, 5.74) is 5.60. The van der Waals surface area contributed by atoms with Crippen molar-refractivity contribution in [2.45, 2.75) is 0 Å². The first kappa shape index (κ1) is 24.3. The predicted octanol–water partition coefficient (Wildman–Crippen LogP) is 7.67. The van der Waals surface area contributed by atoms with Crippen LogP contribution in [0.25, 0.3) is 33.9 Å². The van der Waals surface area contributed by atoms with Crippen molar-refractivity contribution in [3.05, 3.63) is 114 Å². The SMILES string of the molecule is CN(C)c1ccc(-c2oc(-c3ccccc3-c3ccccc3)nc2C(=O)N(C)c2ccc(Cl)cc2)cc1. The van der Waals surface area contributed by atoms with Gasteiger partial charge in [0.1, 0.15) is 0 Å². The maximum atomic E-state index is 13.8. The normalized spacial score (nSPS) is 10.8. The van der Waals surface area contributed by atoms with Crippen molar-refractivity contribution in [1.29, 1.82) is 0 Å². The highest BCUT2D eigenvalue weighted by atomic mass is 35.5. The smallest absolute Gasteiger partial charge is 0.280 e. The van der Waals surface area contributed by atoms with E-state index in [1.54, 1.807) is 36.2 Å². The van der Waals surface area contributed by atoms with Crippen molar-refractivity contribution >= 4 is 28.9 Å². The summed E-state index contributed by atoms with van der Waals surface area (Å²) in [6.07, 6.45) is 0. The van der Waals surface area contributed by atoms with Crippen LogP contribution in [0.2, 0.25) is 5.02 Å². The van der Waals surface area contributed by atoms with Crippen LogP contribution in [0.5, 0.6) is 0 Å². The lowest BCUT2D eigenvalue weighted by atomic mass is 10.00. The van der Waals surface area contributed by atoms with E-state index in [9.17, 15) is 4.79 Å². The Bertz CT molecular complexity index is 1530. The fourth-order valence-corrected chi connectivity index (χ4v) is 4.29. The zero-order valence-electron chi connectivity index (χ0n) is 20.9. The number of oxazole rings is 1. The third-order valence-electron chi connectivity index (χ3n) is 6.24. The van der Waals surface area contributed by atoms with Gasteiger partial charge in [-0.1, -0.05) is 60.1 Å². The van der Waals surface area contributed by atoms with Gasteiger partial charge in [-0.15, -0.1) is 0 Å². The van der Waals surface area contributed by atoms with Crippen molar-refractivity contribution in [1.82, 2.24) is 4.98 Å². The molecule has 6 heteroatoms. The highest BCUT2D eigenvalue weighted by molar-refractivity contribution is 6.30. The van der Waals surface area contributed by atoms with Crippen LogP contribution in [0.15, 0.2) is 108 Å². The van der Waals surface area contributed by atoms with E-state index in [2.05, 4.69) is 0 Å². The third kappa shape index (κ3) is 4.99. The first-order valence-electron chi connectivity index (χ1n) is 11.9. The van der Waals surface area contributed by atoms with E-state index in [1.807, 2.05) is 97.9 Å². The summed E-state index contributed by atoms with van der Waals surface area (Å²) in [6.45, 7) is 0. The summed E-state index contributed by atoms with van der Waals surface area (Å²) in [7, 11) is 5.69. The summed E-state index contributed by atoms with van der Waals surface area (Å²) in [6, 6.07) is 33.0. The highest BCUT2D eigenvalue weighted by Gasteiger charge is 2.26. The number of rotatable bonds is 6. The Labute approximate surface area is 221 Å². The highest BCUT2D eigenvalue weighted by Crippen LogP contribution is 2.36. The molecule has 184 valence electrons. The molecule has 0 aliphatic carbocycles. The van der Waals surface area contributed by atoms with Crippen LogP contribution in [0, 0.1) is 0 Å². The number of carbonyl (C=O) groups excluding carboxylic acids is 1. The number of benzene rings is 4.